The van der Waals surface area contributed by atoms with E-state index < -0.39 is 0 Å². The lowest BCUT2D eigenvalue weighted by molar-refractivity contribution is 0.669. The van der Waals surface area contributed by atoms with Gasteiger partial charge in [-0.15, -0.1) is 0 Å². The molecule has 0 spiro atoms. The first kappa shape index (κ1) is 33.6. The summed E-state index contributed by atoms with van der Waals surface area (Å²) in [7, 11) is 0. The number of benzene rings is 9. The quantitative estimate of drug-likeness (QED) is 0.174. The molecular weight excluding hydrogens is 749 g/mol. The number of para-hydroxylation sites is 3. The second-order valence-corrected chi connectivity index (χ2v) is 15.6. The maximum absolute atomic E-state index is 6.71. The van der Waals surface area contributed by atoms with Crippen LogP contribution in [-0.4, -0.2) is 19.5 Å². The van der Waals surface area contributed by atoms with E-state index in [1.807, 2.05) is 42.5 Å². The van der Waals surface area contributed by atoms with Crippen LogP contribution in [0.2, 0.25) is 0 Å². The lowest BCUT2D eigenvalue weighted by atomic mass is 9.99. The Hall–Kier alpha value is -8.35. The average molecular weight is 781 g/mol. The zero-order chi connectivity index (χ0) is 40.0. The average Bonchev–Trinajstić information content (AvgIpc) is 4.00. The Kier molecular flexibility index (Phi) is 7.21. The summed E-state index contributed by atoms with van der Waals surface area (Å²) in [4.78, 5) is 15.8. The molecule has 0 aliphatic rings. The molecule has 0 atom stereocenters. The number of hydrogen-bond acceptors (Lipinski definition) is 5. The van der Waals surface area contributed by atoms with Gasteiger partial charge in [0, 0.05) is 43.4 Å². The van der Waals surface area contributed by atoms with Crippen LogP contribution in [0.15, 0.2) is 203 Å². The van der Waals surface area contributed by atoms with E-state index in [1.165, 1.54) is 5.56 Å². The Labute approximate surface area is 348 Å². The molecule has 61 heavy (non-hydrogen) atoms. The molecule has 9 aromatic carbocycles. The molecule has 6 nitrogen and oxygen atoms in total. The molecule has 0 saturated heterocycles. The standard InChI is InChI=1S/C55H32N4O2/c1-3-13-33(14-4-1)37-26-28-48-45(30-37)41-27-25-38(32-49(41)60-48)39-20-11-21-42-40-19-9-10-24-47(40)59(51(39)42)55-57-53(34-15-5-2-6-16-34)56-54(58-55)44-23-12-22-43-46-29-35-17-7-8-18-36(35)31-50(46)61-52(43)44/h1-32H. The zero-order valence-electron chi connectivity index (χ0n) is 32.6. The molecule has 284 valence electrons. The first-order chi connectivity index (χ1) is 30.2. The lowest BCUT2D eigenvalue weighted by Gasteiger charge is -2.13. The predicted octanol–water partition coefficient (Wildman–Crippen LogP) is 14.6. The number of aromatic nitrogens is 4. The third kappa shape index (κ3) is 5.26. The number of furan rings is 2. The fourth-order valence-electron chi connectivity index (χ4n) is 9.18. The van der Waals surface area contributed by atoms with Crippen molar-refractivity contribution >= 4 is 76.5 Å². The summed E-state index contributed by atoms with van der Waals surface area (Å²) in [6, 6.07) is 67.4. The minimum atomic E-state index is 0.514. The normalized spacial score (nSPS) is 11.9. The molecule has 4 heterocycles. The highest BCUT2D eigenvalue weighted by atomic mass is 16.3. The van der Waals surface area contributed by atoms with Crippen LogP contribution in [-0.2, 0) is 0 Å². The van der Waals surface area contributed by atoms with Gasteiger partial charge in [-0.05, 0) is 76.0 Å². The molecular formula is C55H32N4O2. The molecule has 4 aromatic heterocycles. The monoisotopic (exact) mass is 780 g/mol. The van der Waals surface area contributed by atoms with Crippen molar-refractivity contribution < 1.29 is 8.83 Å². The molecule has 13 aromatic rings. The summed E-state index contributed by atoms with van der Waals surface area (Å²) in [5.41, 5.74) is 11.3. The number of fused-ring (bicyclic) bond motifs is 10. The topological polar surface area (TPSA) is 69.9 Å². The smallest absolute Gasteiger partial charge is 0.238 e. The number of rotatable bonds is 5. The van der Waals surface area contributed by atoms with E-state index in [0.717, 1.165) is 104 Å². The van der Waals surface area contributed by atoms with Crippen LogP contribution >= 0.6 is 0 Å². The Morgan fingerprint density at radius 3 is 1.85 bits per heavy atom. The Morgan fingerprint density at radius 2 is 1.00 bits per heavy atom. The van der Waals surface area contributed by atoms with Crippen molar-refractivity contribution in [1.29, 1.82) is 0 Å². The van der Waals surface area contributed by atoms with Crippen LogP contribution in [0.4, 0.5) is 0 Å². The van der Waals surface area contributed by atoms with Gasteiger partial charge in [0.15, 0.2) is 11.6 Å². The molecule has 13 rings (SSSR count). The fourth-order valence-corrected chi connectivity index (χ4v) is 9.18. The molecule has 0 bridgehead atoms. The zero-order valence-corrected chi connectivity index (χ0v) is 32.6. The molecule has 0 saturated carbocycles. The highest BCUT2D eigenvalue weighted by Gasteiger charge is 2.23. The lowest BCUT2D eigenvalue weighted by Crippen LogP contribution is -2.07. The van der Waals surface area contributed by atoms with Crippen molar-refractivity contribution in [1.82, 2.24) is 19.5 Å². The SMILES string of the molecule is c1ccc(-c2ccc3oc4cc(-c5cccc6c7ccccc7n(-c7nc(-c8ccccc8)nc(-c8cccc9c8oc8cc%10ccccc%10cc89)n7)c56)ccc4c3c2)cc1. The van der Waals surface area contributed by atoms with Gasteiger partial charge in [-0.2, -0.15) is 9.97 Å². The van der Waals surface area contributed by atoms with Gasteiger partial charge in [0.05, 0.1) is 16.6 Å². The molecule has 0 radical (unpaired) electrons. The number of nitrogens with zero attached hydrogens (tertiary/aromatic N) is 4. The van der Waals surface area contributed by atoms with Crippen molar-refractivity contribution in [2.75, 3.05) is 0 Å². The maximum Gasteiger partial charge on any atom is 0.238 e. The molecule has 0 aliphatic heterocycles. The molecule has 0 aliphatic carbocycles. The van der Waals surface area contributed by atoms with Crippen LogP contribution in [0.5, 0.6) is 0 Å². The summed E-state index contributed by atoms with van der Waals surface area (Å²) >= 11 is 0. The fraction of sp³-hybridized carbons (Fsp3) is 0. The van der Waals surface area contributed by atoms with Crippen LogP contribution in [0.25, 0.3) is 127 Å². The number of hydrogen-bond donors (Lipinski definition) is 0. The van der Waals surface area contributed by atoms with E-state index in [9.17, 15) is 0 Å². The van der Waals surface area contributed by atoms with Gasteiger partial charge in [0.2, 0.25) is 5.95 Å². The molecule has 0 N–H and O–H groups in total. The molecule has 0 unspecified atom stereocenters. The van der Waals surface area contributed by atoms with Gasteiger partial charge in [0.25, 0.3) is 0 Å². The van der Waals surface area contributed by atoms with Crippen molar-refractivity contribution in [3.05, 3.63) is 194 Å². The third-order valence-corrected chi connectivity index (χ3v) is 12.0. The van der Waals surface area contributed by atoms with Crippen LogP contribution < -0.4 is 0 Å². The summed E-state index contributed by atoms with van der Waals surface area (Å²) in [6.07, 6.45) is 0. The van der Waals surface area contributed by atoms with E-state index >= 15 is 0 Å². The molecule has 0 fully saturated rings. The van der Waals surface area contributed by atoms with E-state index in [-0.39, 0.29) is 0 Å². The minimum absolute atomic E-state index is 0.514. The highest BCUT2D eigenvalue weighted by molar-refractivity contribution is 6.15. The maximum atomic E-state index is 6.71. The van der Waals surface area contributed by atoms with Gasteiger partial charge in [-0.3, -0.25) is 4.57 Å². The van der Waals surface area contributed by atoms with Gasteiger partial charge in [-0.1, -0.05) is 146 Å². The second-order valence-electron chi connectivity index (χ2n) is 15.6. The molecule has 6 heteroatoms. The van der Waals surface area contributed by atoms with E-state index in [4.69, 9.17) is 23.8 Å². The van der Waals surface area contributed by atoms with Gasteiger partial charge in [0.1, 0.15) is 22.3 Å². The minimum Gasteiger partial charge on any atom is -0.456 e. The van der Waals surface area contributed by atoms with Gasteiger partial charge in [-0.25, -0.2) is 4.98 Å². The summed E-state index contributed by atoms with van der Waals surface area (Å²) in [6.45, 7) is 0. The van der Waals surface area contributed by atoms with Crippen molar-refractivity contribution in [2.24, 2.45) is 0 Å². The summed E-state index contributed by atoms with van der Waals surface area (Å²) in [5.74, 6) is 1.61. The highest BCUT2D eigenvalue weighted by Crippen LogP contribution is 2.42. The van der Waals surface area contributed by atoms with Gasteiger partial charge < -0.3 is 8.83 Å². The first-order valence-corrected chi connectivity index (χ1v) is 20.4. The van der Waals surface area contributed by atoms with Crippen molar-refractivity contribution in [3.8, 4) is 51.0 Å². The van der Waals surface area contributed by atoms with E-state index in [1.54, 1.807) is 0 Å². The van der Waals surface area contributed by atoms with Crippen LogP contribution in [0.3, 0.4) is 0 Å². The third-order valence-electron chi connectivity index (χ3n) is 12.0. The second kappa shape index (κ2) is 13.1. The molecule has 0 amide bonds. The predicted molar refractivity (Wildman–Crippen MR) is 248 cm³/mol. The summed E-state index contributed by atoms with van der Waals surface area (Å²) in [5, 5.41) is 8.73. The van der Waals surface area contributed by atoms with E-state index in [2.05, 4.69) is 156 Å². The largest absolute Gasteiger partial charge is 0.456 e. The Balaban J connectivity index is 1.04. The van der Waals surface area contributed by atoms with Crippen LogP contribution in [0.1, 0.15) is 0 Å². The first-order valence-electron chi connectivity index (χ1n) is 20.4. The van der Waals surface area contributed by atoms with Crippen molar-refractivity contribution in [2.45, 2.75) is 0 Å². The van der Waals surface area contributed by atoms with Crippen molar-refractivity contribution in [3.63, 3.8) is 0 Å². The van der Waals surface area contributed by atoms with Gasteiger partial charge >= 0.3 is 0 Å². The van der Waals surface area contributed by atoms with E-state index in [0.29, 0.717) is 17.6 Å². The Morgan fingerprint density at radius 1 is 0.344 bits per heavy atom. The Bertz CT molecular complexity index is 3880. The van der Waals surface area contributed by atoms with Crippen LogP contribution in [0, 0.1) is 0 Å². The summed E-state index contributed by atoms with van der Waals surface area (Å²) < 4.78 is 15.5.